The Kier molecular flexibility index (Phi) is 7.30. The van der Waals surface area contributed by atoms with Crippen molar-refractivity contribution in [1.82, 2.24) is 4.31 Å². The molecule has 1 atom stereocenters. The van der Waals surface area contributed by atoms with Gasteiger partial charge >= 0.3 is 5.97 Å². The highest BCUT2D eigenvalue weighted by Gasteiger charge is 2.39. The lowest BCUT2D eigenvalue weighted by atomic mass is 10.2. The number of anilines is 1. The van der Waals surface area contributed by atoms with Crippen LogP contribution in [0.2, 0.25) is 0 Å². The number of carbonyl (C=O) groups is 2. The van der Waals surface area contributed by atoms with E-state index in [1.54, 1.807) is 44.2 Å². The number of ether oxygens (including phenoxy) is 2. The van der Waals surface area contributed by atoms with E-state index in [2.05, 4.69) is 10.3 Å². The summed E-state index contributed by atoms with van der Waals surface area (Å²) in [6.07, 6.45) is -1.70. The molecule has 9 nitrogen and oxygen atoms in total. The molecule has 1 heterocycles. The number of nitrogens with one attached hydrogen (secondary N) is 1. The Hall–Kier alpha value is -4.18. The molecule has 0 radical (unpaired) electrons. The molecule has 1 unspecified atom stereocenters. The Morgan fingerprint density at radius 3 is 2.27 bits per heavy atom. The summed E-state index contributed by atoms with van der Waals surface area (Å²) in [7, 11) is -2.64. The molecular formula is C27H27N3O6S. The number of benzene rings is 3. The Morgan fingerprint density at radius 1 is 0.946 bits per heavy atom. The van der Waals surface area contributed by atoms with E-state index in [1.165, 1.54) is 37.4 Å². The van der Waals surface area contributed by atoms with E-state index in [4.69, 9.17) is 9.47 Å². The lowest BCUT2D eigenvalue weighted by Crippen LogP contribution is -2.50. The largest absolute Gasteiger partial charge is 0.473 e. The molecule has 0 saturated carbocycles. The standard InChI is InChI=1S/C27H27N3O6S/c1-17(2)35-27(32)19-13-15-20(16-14-19)36-24(26(31)29-21-10-6-5-9-18(21)3)25-28-22-11-7-8-12-23(22)37(33,34)30(25)4/h5-17,24H,1-4H3,(H,29,31). The first-order chi connectivity index (χ1) is 17.6. The minimum absolute atomic E-state index is 0.0346. The van der Waals surface area contributed by atoms with E-state index in [1.807, 2.05) is 19.1 Å². The molecule has 10 heteroatoms. The maximum Gasteiger partial charge on any atom is 0.338 e. The molecule has 1 aliphatic rings. The minimum Gasteiger partial charge on any atom is -0.473 e. The molecule has 0 fully saturated rings. The lowest BCUT2D eigenvalue weighted by Gasteiger charge is -2.30. The van der Waals surface area contributed by atoms with Crippen molar-refractivity contribution in [3.05, 3.63) is 83.9 Å². The van der Waals surface area contributed by atoms with Crippen LogP contribution in [0.4, 0.5) is 11.4 Å². The average molecular weight is 522 g/mol. The SMILES string of the molecule is Cc1ccccc1NC(=O)C(Oc1ccc(C(=O)OC(C)C)cc1)C1=Nc2ccccc2S(=O)(=O)N1C. The van der Waals surface area contributed by atoms with Crippen LogP contribution in [0, 0.1) is 6.92 Å². The van der Waals surface area contributed by atoms with Crippen molar-refractivity contribution >= 4 is 39.1 Å². The molecule has 192 valence electrons. The maximum absolute atomic E-state index is 13.5. The molecule has 1 aliphatic heterocycles. The van der Waals surface area contributed by atoms with Crippen LogP contribution in [0.1, 0.15) is 29.8 Å². The number of aliphatic imine (C=N–C) groups is 1. The zero-order valence-electron chi connectivity index (χ0n) is 20.8. The number of aryl methyl sites for hydroxylation is 1. The van der Waals surface area contributed by atoms with Crippen LogP contribution in [-0.4, -0.2) is 49.7 Å². The van der Waals surface area contributed by atoms with Crippen molar-refractivity contribution in [2.45, 2.75) is 37.9 Å². The highest BCUT2D eigenvalue weighted by atomic mass is 32.2. The van der Waals surface area contributed by atoms with E-state index < -0.39 is 28.0 Å². The van der Waals surface area contributed by atoms with Gasteiger partial charge in [0.25, 0.3) is 15.9 Å². The van der Waals surface area contributed by atoms with E-state index in [0.717, 1.165) is 9.87 Å². The highest BCUT2D eigenvalue weighted by molar-refractivity contribution is 7.90. The Bertz CT molecular complexity index is 1470. The fraction of sp³-hybridized carbons (Fsp3) is 0.222. The van der Waals surface area contributed by atoms with Crippen LogP contribution in [0.5, 0.6) is 5.75 Å². The zero-order valence-corrected chi connectivity index (χ0v) is 21.7. The van der Waals surface area contributed by atoms with Gasteiger partial charge in [-0.1, -0.05) is 30.3 Å². The van der Waals surface area contributed by atoms with Crippen LogP contribution in [0.3, 0.4) is 0 Å². The van der Waals surface area contributed by atoms with Crippen LogP contribution < -0.4 is 10.1 Å². The number of likely N-dealkylation sites (N-methyl/N-ethyl adjacent to an activating group) is 1. The number of para-hydroxylation sites is 2. The Labute approximate surface area is 215 Å². The summed E-state index contributed by atoms with van der Waals surface area (Å²) < 4.78 is 38.6. The van der Waals surface area contributed by atoms with Gasteiger partial charge in [-0.15, -0.1) is 0 Å². The third kappa shape index (κ3) is 5.49. The first kappa shape index (κ1) is 25.9. The Balaban J connectivity index is 1.72. The summed E-state index contributed by atoms with van der Waals surface area (Å²) in [6.45, 7) is 5.34. The molecule has 3 aromatic rings. The number of hydrogen-bond donors (Lipinski definition) is 1. The second-order valence-electron chi connectivity index (χ2n) is 8.69. The van der Waals surface area contributed by atoms with Gasteiger partial charge < -0.3 is 14.8 Å². The first-order valence-electron chi connectivity index (χ1n) is 11.6. The molecule has 0 saturated heterocycles. The van der Waals surface area contributed by atoms with Crippen molar-refractivity contribution in [2.24, 2.45) is 4.99 Å². The summed E-state index contributed by atoms with van der Waals surface area (Å²) in [5, 5.41) is 2.81. The average Bonchev–Trinajstić information content (AvgIpc) is 2.86. The zero-order chi connectivity index (χ0) is 26.7. The van der Waals surface area contributed by atoms with Crippen LogP contribution >= 0.6 is 0 Å². The second-order valence-corrected chi connectivity index (χ2v) is 10.6. The van der Waals surface area contributed by atoms with Gasteiger partial charge in [0.05, 0.1) is 17.4 Å². The number of sulfonamides is 1. The van der Waals surface area contributed by atoms with Gasteiger partial charge in [0.1, 0.15) is 10.6 Å². The summed E-state index contributed by atoms with van der Waals surface area (Å²) in [5.41, 5.74) is 1.89. The van der Waals surface area contributed by atoms with Gasteiger partial charge in [0.15, 0.2) is 5.84 Å². The van der Waals surface area contributed by atoms with Gasteiger partial charge in [-0.2, -0.15) is 0 Å². The number of hydrogen-bond acceptors (Lipinski definition) is 7. The summed E-state index contributed by atoms with van der Waals surface area (Å²) in [5.74, 6) is -0.973. The first-order valence-corrected chi connectivity index (χ1v) is 13.0. The molecule has 1 N–H and O–H groups in total. The summed E-state index contributed by atoms with van der Waals surface area (Å²) in [6, 6.07) is 19.5. The molecule has 37 heavy (non-hydrogen) atoms. The van der Waals surface area contributed by atoms with Crippen molar-refractivity contribution in [3.63, 3.8) is 0 Å². The van der Waals surface area contributed by atoms with Crippen LogP contribution in [-0.2, 0) is 19.6 Å². The topological polar surface area (TPSA) is 114 Å². The van der Waals surface area contributed by atoms with Crippen LogP contribution in [0.25, 0.3) is 0 Å². The van der Waals surface area contributed by atoms with Crippen molar-refractivity contribution in [1.29, 1.82) is 0 Å². The smallest absolute Gasteiger partial charge is 0.338 e. The van der Waals surface area contributed by atoms with Crippen molar-refractivity contribution in [3.8, 4) is 5.75 Å². The summed E-state index contributed by atoms with van der Waals surface area (Å²) in [4.78, 5) is 30.2. The molecule has 4 rings (SSSR count). The number of fused-ring (bicyclic) bond motifs is 1. The van der Waals surface area contributed by atoms with Gasteiger partial charge in [-0.25, -0.2) is 18.2 Å². The summed E-state index contributed by atoms with van der Waals surface area (Å²) >= 11 is 0. The molecule has 0 aromatic heterocycles. The van der Waals surface area contributed by atoms with Gasteiger partial charge in [-0.3, -0.25) is 9.10 Å². The quantitative estimate of drug-likeness (QED) is 0.464. The van der Waals surface area contributed by atoms with Gasteiger partial charge in [0.2, 0.25) is 6.10 Å². The maximum atomic E-state index is 13.5. The van der Waals surface area contributed by atoms with E-state index in [0.29, 0.717) is 11.3 Å². The van der Waals surface area contributed by atoms with E-state index in [-0.39, 0.29) is 28.3 Å². The number of carbonyl (C=O) groups excluding carboxylic acids is 2. The fourth-order valence-corrected chi connectivity index (χ4v) is 4.98. The van der Waals surface area contributed by atoms with Gasteiger partial charge in [0, 0.05) is 12.7 Å². The predicted octanol–water partition coefficient (Wildman–Crippen LogP) is 4.31. The van der Waals surface area contributed by atoms with E-state index in [9.17, 15) is 18.0 Å². The number of esters is 1. The number of rotatable bonds is 7. The number of nitrogens with zero attached hydrogens (tertiary/aromatic N) is 2. The van der Waals surface area contributed by atoms with E-state index >= 15 is 0 Å². The molecule has 1 amide bonds. The number of amidine groups is 1. The molecule has 0 aliphatic carbocycles. The molecular weight excluding hydrogens is 494 g/mol. The van der Waals surface area contributed by atoms with Crippen molar-refractivity contribution < 1.29 is 27.5 Å². The fourth-order valence-electron chi connectivity index (χ4n) is 3.68. The molecule has 0 spiro atoms. The predicted molar refractivity (Wildman–Crippen MR) is 140 cm³/mol. The lowest BCUT2D eigenvalue weighted by molar-refractivity contribution is -0.120. The van der Waals surface area contributed by atoms with Crippen LogP contribution in [0.15, 0.2) is 82.7 Å². The monoisotopic (exact) mass is 521 g/mol. The highest BCUT2D eigenvalue weighted by Crippen LogP contribution is 2.33. The second kappa shape index (κ2) is 10.4. The molecule has 3 aromatic carbocycles. The van der Waals surface area contributed by atoms with Gasteiger partial charge in [-0.05, 0) is 68.8 Å². The number of amides is 1. The third-order valence-corrected chi connectivity index (χ3v) is 7.43. The molecule has 0 bridgehead atoms. The van der Waals surface area contributed by atoms with Crippen molar-refractivity contribution in [2.75, 3.05) is 12.4 Å². The Morgan fingerprint density at radius 2 is 1.59 bits per heavy atom. The normalized spacial score (nSPS) is 14.8. The minimum atomic E-state index is -3.97. The third-order valence-electron chi connectivity index (χ3n) is 5.62.